The Bertz CT molecular complexity index is 564. The molecule has 0 atom stereocenters. The minimum Gasteiger partial charge on any atom is -0.352 e. The van der Waals surface area contributed by atoms with Gasteiger partial charge in [0.2, 0.25) is 0 Å². The van der Waals surface area contributed by atoms with Crippen molar-refractivity contribution in [1.29, 1.82) is 0 Å². The van der Waals surface area contributed by atoms with Crippen LogP contribution in [0.2, 0.25) is 0 Å². The van der Waals surface area contributed by atoms with Crippen LogP contribution in [0.5, 0.6) is 0 Å². The van der Waals surface area contributed by atoms with Gasteiger partial charge in [-0.15, -0.1) is 0 Å². The molecule has 0 aliphatic carbocycles. The highest BCUT2D eigenvalue weighted by molar-refractivity contribution is 5.79. The summed E-state index contributed by atoms with van der Waals surface area (Å²) >= 11 is 0. The van der Waals surface area contributed by atoms with Gasteiger partial charge in [0.1, 0.15) is 0 Å². The van der Waals surface area contributed by atoms with Crippen molar-refractivity contribution >= 4 is 5.96 Å². The van der Waals surface area contributed by atoms with Crippen LogP contribution < -0.4 is 10.6 Å². The third-order valence-electron chi connectivity index (χ3n) is 3.07. The van der Waals surface area contributed by atoms with Crippen molar-refractivity contribution in [1.82, 2.24) is 15.6 Å². The molecule has 2 rings (SSSR count). The number of nitrogens with one attached hydrogen (secondary N) is 2. The van der Waals surface area contributed by atoms with E-state index in [1.807, 2.05) is 30.5 Å². The number of guanidine groups is 1. The molecule has 0 saturated carbocycles. The van der Waals surface area contributed by atoms with Crippen LogP contribution in [0.3, 0.4) is 0 Å². The molecule has 0 amide bonds. The van der Waals surface area contributed by atoms with E-state index < -0.39 is 0 Å². The summed E-state index contributed by atoms with van der Waals surface area (Å²) in [6.45, 7) is 3.48. The molecule has 1 aromatic carbocycles. The molecule has 0 spiro atoms. The molecule has 2 aromatic rings. The average Bonchev–Trinajstić information content (AvgIpc) is 2.50. The molecule has 0 saturated heterocycles. The molecule has 4 heteroatoms. The summed E-state index contributed by atoms with van der Waals surface area (Å²) in [5, 5.41) is 6.56. The Hall–Kier alpha value is -2.36. The van der Waals surface area contributed by atoms with Crippen molar-refractivity contribution in [3.63, 3.8) is 0 Å². The van der Waals surface area contributed by atoms with E-state index in [0.717, 1.165) is 18.2 Å². The lowest BCUT2D eigenvalue weighted by molar-refractivity contribution is 0.790. The number of hydrogen-bond acceptors (Lipinski definition) is 2. The Morgan fingerprint density at radius 1 is 1.05 bits per heavy atom. The van der Waals surface area contributed by atoms with E-state index in [1.54, 1.807) is 7.05 Å². The maximum Gasteiger partial charge on any atom is 0.191 e. The Balaban J connectivity index is 1.86. The minimum absolute atomic E-state index is 0.668. The first-order chi connectivity index (χ1) is 9.79. The number of benzene rings is 1. The van der Waals surface area contributed by atoms with E-state index in [1.165, 1.54) is 11.1 Å². The Kier molecular flexibility index (Phi) is 5.12. The summed E-state index contributed by atoms with van der Waals surface area (Å²) in [4.78, 5) is 8.57. The standard InChI is InChI=1S/C16H20N4/c1-13-7-6-10-18-15(13)12-20-16(17-2)19-11-14-8-4-3-5-9-14/h3-10H,11-12H2,1-2H3,(H2,17,19,20). The zero-order chi connectivity index (χ0) is 14.2. The van der Waals surface area contributed by atoms with Crippen LogP contribution in [0.4, 0.5) is 0 Å². The quantitative estimate of drug-likeness (QED) is 0.660. The van der Waals surface area contributed by atoms with Gasteiger partial charge in [-0.2, -0.15) is 0 Å². The molecular weight excluding hydrogens is 248 g/mol. The second kappa shape index (κ2) is 7.28. The number of pyridine rings is 1. The SMILES string of the molecule is CN=C(NCc1ccccc1)NCc1ncccc1C. The molecule has 0 aliphatic heterocycles. The molecule has 20 heavy (non-hydrogen) atoms. The largest absolute Gasteiger partial charge is 0.352 e. The summed E-state index contributed by atoms with van der Waals surface area (Å²) in [6, 6.07) is 14.3. The van der Waals surface area contributed by atoms with Gasteiger partial charge in [-0.1, -0.05) is 36.4 Å². The predicted molar refractivity (Wildman–Crippen MR) is 82.5 cm³/mol. The molecule has 0 aliphatic rings. The molecule has 1 aromatic heterocycles. The summed E-state index contributed by atoms with van der Waals surface area (Å²) in [6.07, 6.45) is 1.81. The topological polar surface area (TPSA) is 49.3 Å². The molecule has 0 unspecified atom stereocenters. The normalized spacial score (nSPS) is 11.2. The fraction of sp³-hybridized carbons (Fsp3) is 0.250. The Morgan fingerprint density at radius 3 is 2.50 bits per heavy atom. The van der Waals surface area contributed by atoms with Gasteiger partial charge >= 0.3 is 0 Å². The zero-order valence-corrected chi connectivity index (χ0v) is 11.9. The summed E-state index contributed by atoms with van der Waals surface area (Å²) < 4.78 is 0. The highest BCUT2D eigenvalue weighted by atomic mass is 15.2. The number of hydrogen-bond donors (Lipinski definition) is 2. The maximum absolute atomic E-state index is 4.36. The zero-order valence-electron chi connectivity index (χ0n) is 11.9. The molecule has 4 nitrogen and oxygen atoms in total. The van der Waals surface area contributed by atoms with Gasteiger partial charge in [0.05, 0.1) is 12.2 Å². The number of aliphatic imine (C=N–C) groups is 1. The Morgan fingerprint density at radius 2 is 1.80 bits per heavy atom. The van der Waals surface area contributed by atoms with Crippen molar-refractivity contribution in [2.75, 3.05) is 7.05 Å². The van der Waals surface area contributed by atoms with Gasteiger partial charge in [0, 0.05) is 19.8 Å². The number of aromatic nitrogens is 1. The number of rotatable bonds is 4. The lowest BCUT2D eigenvalue weighted by Crippen LogP contribution is -2.36. The highest BCUT2D eigenvalue weighted by Gasteiger charge is 2.01. The Labute approximate surface area is 120 Å². The second-order valence-corrected chi connectivity index (χ2v) is 4.53. The maximum atomic E-state index is 4.36. The van der Waals surface area contributed by atoms with Crippen LogP contribution in [0.25, 0.3) is 0 Å². The van der Waals surface area contributed by atoms with Gasteiger partial charge in [-0.25, -0.2) is 0 Å². The van der Waals surface area contributed by atoms with E-state index in [-0.39, 0.29) is 0 Å². The fourth-order valence-electron chi connectivity index (χ4n) is 1.87. The lowest BCUT2D eigenvalue weighted by atomic mass is 10.2. The first-order valence-corrected chi connectivity index (χ1v) is 6.68. The molecule has 0 radical (unpaired) electrons. The first kappa shape index (κ1) is 14.1. The fourth-order valence-corrected chi connectivity index (χ4v) is 1.87. The number of nitrogens with zero attached hydrogens (tertiary/aromatic N) is 2. The molecule has 0 bridgehead atoms. The molecule has 2 N–H and O–H groups in total. The van der Waals surface area contributed by atoms with Crippen LogP contribution in [0, 0.1) is 6.92 Å². The smallest absolute Gasteiger partial charge is 0.191 e. The van der Waals surface area contributed by atoms with Crippen molar-refractivity contribution in [2.24, 2.45) is 4.99 Å². The summed E-state index contributed by atoms with van der Waals surface area (Å²) in [5.74, 6) is 0.777. The first-order valence-electron chi connectivity index (χ1n) is 6.68. The third-order valence-corrected chi connectivity index (χ3v) is 3.07. The van der Waals surface area contributed by atoms with Crippen molar-refractivity contribution in [3.05, 3.63) is 65.5 Å². The average molecular weight is 268 g/mol. The van der Waals surface area contributed by atoms with Crippen molar-refractivity contribution < 1.29 is 0 Å². The van der Waals surface area contributed by atoms with Gasteiger partial charge < -0.3 is 10.6 Å². The predicted octanol–water partition coefficient (Wildman–Crippen LogP) is 2.26. The van der Waals surface area contributed by atoms with Gasteiger partial charge in [-0.05, 0) is 24.1 Å². The van der Waals surface area contributed by atoms with Crippen LogP contribution in [-0.2, 0) is 13.1 Å². The van der Waals surface area contributed by atoms with E-state index in [2.05, 4.69) is 45.7 Å². The van der Waals surface area contributed by atoms with E-state index >= 15 is 0 Å². The lowest BCUT2D eigenvalue weighted by Gasteiger charge is -2.12. The van der Waals surface area contributed by atoms with Crippen LogP contribution in [-0.4, -0.2) is 18.0 Å². The second-order valence-electron chi connectivity index (χ2n) is 4.53. The molecule has 104 valence electrons. The van der Waals surface area contributed by atoms with E-state index in [0.29, 0.717) is 6.54 Å². The van der Waals surface area contributed by atoms with Crippen LogP contribution in [0.15, 0.2) is 53.7 Å². The monoisotopic (exact) mass is 268 g/mol. The molecular formula is C16H20N4. The number of aryl methyl sites for hydroxylation is 1. The van der Waals surface area contributed by atoms with Crippen LogP contribution in [0.1, 0.15) is 16.8 Å². The van der Waals surface area contributed by atoms with E-state index in [4.69, 9.17) is 0 Å². The highest BCUT2D eigenvalue weighted by Crippen LogP contribution is 2.02. The van der Waals surface area contributed by atoms with Crippen LogP contribution >= 0.6 is 0 Å². The van der Waals surface area contributed by atoms with E-state index in [9.17, 15) is 0 Å². The van der Waals surface area contributed by atoms with Crippen molar-refractivity contribution in [2.45, 2.75) is 20.0 Å². The van der Waals surface area contributed by atoms with Gasteiger partial charge in [0.15, 0.2) is 5.96 Å². The van der Waals surface area contributed by atoms with Gasteiger partial charge in [-0.3, -0.25) is 9.98 Å². The van der Waals surface area contributed by atoms with Gasteiger partial charge in [0.25, 0.3) is 0 Å². The summed E-state index contributed by atoms with van der Waals surface area (Å²) in [7, 11) is 1.77. The molecule has 0 fully saturated rings. The van der Waals surface area contributed by atoms with Crippen molar-refractivity contribution in [3.8, 4) is 0 Å². The minimum atomic E-state index is 0.668. The summed E-state index contributed by atoms with van der Waals surface area (Å²) in [5.41, 5.74) is 3.44. The third kappa shape index (κ3) is 4.09. The molecule has 1 heterocycles.